The topological polar surface area (TPSA) is 51.8 Å². The van der Waals surface area contributed by atoms with Crippen LogP contribution in [0.15, 0.2) is 168 Å². The Morgan fingerprint density at radius 2 is 0.900 bits per heavy atom. The van der Waals surface area contributed by atoms with Crippen molar-refractivity contribution in [2.75, 3.05) is 0 Å². The molecule has 0 atom stereocenters. The minimum absolute atomic E-state index is 0.611. The molecule has 234 valence electrons. The summed E-state index contributed by atoms with van der Waals surface area (Å²) in [7, 11) is 0. The summed E-state index contributed by atoms with van der Waals surface area (Å²) in [6.45, 7) is 0. The van der Waals surface area contributed by atoms with Crippen molar-refractivity contribution >= 4 is 53.4 Å². The van der Waals surface area contributed by atoms with Crippen LogP contribution in [0.4, 0.5) is 0 Å². The number of fused-ring (bicyclic) bond motifs is 6. The van der Waals surface area contributed by atoms with Crippen LogP contribution in [0.1, 0.15) is 0 Å². The van der Waals surface area contributed by atoms with Crippen LogP contribution in [0.25, 0.3) is 98.5 Å². The maximum Gasteiger partial charge on any atom is 0.164 e. The van der Waals surface area contributed by atoms with Crippen LogP contribution < -0.4 is 0 Å². The molecule has 0 amide bonds. The molecule has 5 heteroatoms. The van der Waals surface area contributed by atoms with Crippen LogP contribution in [0.2, 0.25) is 0 Å². The molecule has 10 rings (SSSR count). The number of hydrogen-bond acceptors (Lipinski definition) is 5. The van der Waals surface area contributed by atoms with Crippen LogP contribution >= 0.6 is 11.3 Å². The molecule has 0 aliphatic rings. The highest BCUT2D eigenvalue weighted by Crippen LogP contribution is 2.43. The van der Waals surface area contributed by atoms with Crippen LogP contribution in [0, 0.1) is 0 Å². The van der Waals surface area contributed by atoms with Gasteiger partial charge in [0.25, 0.3) is 0 Å². The summed E-state index contributed by atoms with van der Waals surface area (Å²) < 4.78 is 9.09. The quantitative estimate of drug-likeness (QED) is 0.185. The normalized spacial score (nSPS) is 11.6. The lowest BCUT2D eigenvalue weighted by atomic mass is 9.93. The molecule has 7 aromatic carbocycles. The predicted molar refractivity (Wildman–Crippen MR) is 207 cm³/mol. The lowest BCUT2D eigenvalue weighted by Crippen LogP contribution is -2.00. The van der Waals surface area contributed by atoms with Gasteiger partial charge in [0.15, 0.2) is 17.5 Å². The first-order chi connectivity index (χ1) is 24.8. The Balaban J connectivity index is 1.27. The van der Waals surface area contributed by atoms with E-state index in [1.807, 2.05) is 84.1 Å². The summed E-state index contributed by atoms with van der Waals surface area (Å²) in [4.78, 5) is 15.2. The maximum absolute atomic E-state index is 6.56. The molecule has 0 radical (unpaired) electrons. The highest BCUT2D eigenvalue weighted by molar-refractivity contribution is 7.25. The standard InChI is InChI=1S/C45H27N3OS/c1-3-13-28(14-4-1)43-46-44(29-15-5-2-6-16-29)48-45(47-43)32-26-30(33-19-12-24-40-41(33)37-18-8-10-23-39(37)50-40)25-31(27-32)34-20-11-21-36-35-17-7-9-22-38(35)49-42(34)36/h1-27H. The lowest BCUT2D eigenvalue weighted by Gasteiger charge is -2.13. The van der Waals surface area contributed by atoms with Gasteiger partial charge in [-0.25, -0.2) is 15.0 Å². The average molecular weight is 658 g/mol. The van der Waals surface area contributed by atoms with E-state index in [-0.39, 0.29) is 0 Å². The Hall–Kier alpha value is -6.43. The van der Waals surface area contributed by atoms with E-state index in [2.05, 4.69) is 91.0 Å². The number of benzene rings is 7. The minimum Gasteiger partial charge on any atom is -0.455 e. The second-order valence-electron chi connectivity index (χ2n) is 12.4. The number of nitrogens with zero attached hydrogens (tertiary/aromatic N) is 3. The number of thiophene rings is 1. The van der Waals surface area contributed by atoms with E-state index >= 15 is 0 Å². The SMILES string of the molecule is c1ccc(-c2nc(-c3ccccc3)nc(-c3cc(-c4cccc5c4oc4ccccc45)cc(-c4cccc5sc6ccccc6c45)c3)n2)cc1. The highest BCUT2D eigenvalue weighted by atomic mass is 32.1. The van der Waals surface area contributed by atoms with E-state index in [4.69, 9.17) is 19.4 Å². The zero-order valence-corrected chi connectivity index (χ0v) is 27.6. The Kier molecular flexibility index (Phi) is 6.64. The number of para-hydroxylation sites is 2. The smallest absolute Gasteiger partial charge is 0.164 e. The van der Waals surface area contributed by atoms with Gasteiger partial charge in [-0.3, -0.25) is 0 Å². The molecule has 10 aromatic rings. The average Bonchev–Trinajstić information content (AvgIpc) is 3.77. The molecule has 3 aromatic heterocycles. The van der Waals surface area contributed by atoms with Crippen LogP contribution in [0.3, 0.4) is 0 Å². The van der Waals surface area contributed by atoms with Crippen LogP contribution in [-0.2, 0) is 0 Å². The Morgan fingerprint density at radius 1 is 0.380 bits per heavy atom. The van der Waals surface area contributed by atoms with Gasteiger partial charge in [-0.2, -0.15) is 0 Å². The lowest BCUT2D eigenvalue weighted by molar-refractivity contribution is 0.670. The van der Waals surface area contributed by atoms with Crippen LogP contribution in [-0.4, -0.2) is 15.0 Å². The maximum atomic E-state index is 6.56. The fourth-order valence-electron chi connectivity index (χ4n) is 7.00. The van der Waals surface area contributed by atoms with Crippen molar-refractivity contribution in [1.29, 1.82) is 0 Å². The zero-order valence-electron chi connectivity index (χ0n) is 26.7. The molecule has 0 aliphatic heterocycles. The molecule has 0 spiro atoms. The highest BCUT2D eigenvalue weighted by Gasteiger charge is 2.19. The van der Waals surface area contributed by atoms with Crippen LogP contribution in [0.5, 0.6) is 0 Å². The third-order valence-corrected chi connectivity index (χ3v) is 10.5. The van der Waals surface area contributed by atoms with Crippen molar-refractivity contribution in [3.05, 3.63) is 164 Å². The fraction of sp³-hybridized carbons (Fsp3) is 0. The molecular formula is C45H27N3OS. The first-order valence-electron chi connectivity index (χ1n) is 16.6. The molecule has 0 saturated heterocycles. The molecule has 0 aliphatic carbocycles. The molecule has 0 saturated carbocycles. The van der Waals surface area contributed by atoms with Crippen molar-refractivity contribution in [3.8, 4) is 56.4 Å². The van der Waals surface area contributed by atoms with Gasteiger partial charge < -0.3 is 4.42 Å². The van der Waals surface area contributed by atoms with Crippen molar-refractivity contribution in [3.63, 3.8) is 0 Å². The summed E-state index contributed by atoms with van der Waals surface area (Å²) in [5.74, 6) is 1.87. The van der Waals surface area contributed by atoms with Crippen molar-refractivity contribution in [1.82, 2.24) is 15.0 Å². The van der Waals surface area contributed by atoms with Gasteiger partial charge in [0.05, 0.1) is 0 Å². The second kappa shape index (κ2) is 11.6. The van der Waals surface area contributed by atoms with Gasteiger partial charge in [0, 0.05) is 53.2 Å². The summed E-state index contributed by atoms with van der Waals surface area (Å²) in [5.41, 5.74) is 8.81. The van der Waals surface area contributed by atoms with E-state index in [0.29, 0.717) is 17.5 Å². The largest absolute Gasteiger partial charge is 0.455 e. The Bertz CT molecular complexity index is 2820. The van der Waals surface area contributed by atoms with E-state index in [1.54, 1.807) is 0 Å². The first-order valence-corrected chi connectivity index (χ1v) is 17.4. The number of rotatable bonds is 5. The molecule has 0 bridgehead atoms. The predicted octanol–water partition coefficient (Wildman–Crippen LogP) is 12.5. The van der Waals surface area contributed by atoms with Gasteiger partial charge in [-0.05, 0) is 53.1 Å². The van der Waals surface area contributed by atoms with Crippen molar-refractivity contribution in [2.45, 2.75) is 0 Å². The van der Waals surface area contributed by atoms with E-state index in [1.165, 1.54) is 25.7 Å². The van der Waals surface area contributed by atoms with E-state index in [0.717, 1.165) is 55.3 Å². The molecule has 0 fully saturated rings. The number of aromatic nitrogens is 3. The van der Waals surface area contributed by atoms with Gasteiger partial charge in [0.1, 0.15) is 11.2 Å². The molecular weight excluding hydrogens is 631 g/mol. The van der Waals surface area contributed by atoms with Gasteiger partial charge in [-0.1, -0.05) is 127 Å². The molecule has 3 heterocycles. The Labute approximate surface area is 292 Å². The third-order valence-electron chi connectivity index (χ3n) is 9.32. The van der Waals surface area contributed by atoms with Gasteiger partial charge in [-0.15, -0.1) is 11.3 Å². The fourth-order valence-corrected chi connectivity index (χ4v) is 8.13. The first kappa shape index (κ1) is 28.6. The second-order valence-corrected chi connectivity index (χ2v) is 13.5. The van der Waals surface area contributed by atoms with E-state index < -0.39 is 0 Å². The molecule has 50 heavy (non-hydrogen) atoms. The summed E-state index contributed by atoms with van der Waals surface area (Å²) in [6, 6.07) is 56.8. The monoisotopic (exact) mass is 657 g/mol. The van der Waals surface area contributed by atoms with Gasteiger partial charge >= 0.3 is 0 Å². The molecule has 4 nitrogen and oxygen atoms in total. The summed E-state index contributed by atoms with van der Waals surface area (Å²) in [6.07, 6.45) is 0. The zero-order chi connectivity index (χ0) is 33.0. The number of furan rings is 1. The minimum atomic E-state index is 0.611. The molecule has 0 N–H and O–H groups in total. The Morgan fingerprint density at radius 3 is 1.64 bits per heavy atom. The van der Waals surface area contributed by atoms with Gasteiger partial charge in [0.2, 0.25) is 0 Å². The third kappa shape index (κ3) is 4.79. The summed E-state index contributed by atoms with van der Waals surface area (Å²) in [5, 5.41) is 4.71. The van der Waals surface area contributed by atoms with E-state index in [9.17, 15) is 0 Å². The number of hydrogen-bond donors (Lipinski definition) is 0. The molecule has 0 unspecified atom stereocenters. The summed E-state index contributed by atoms with van der Waals surface area (Å²) >= 11 is 1.83. The van der Waals surface area contributed by atoms with Crippen molar-refractivity contribution in [2.24, 2.45) is 0 Å². The van der Waals surface area contributed by atoms with Crippen molar-refractivity contribution < 1.29 is 4.42 Å².